The predicted molar refractivity (Wildman–Crippen MR) is 62.8 cm³/mol. The third-order valence-corrected chi connectivity index (χ3v) is 2.78. The third kappa shape index (κ3) is 3.86. The maximum Gasteiger partial charge on any atom is 0.292 e. The van der Waals surface area contributed by atoms with Crippen molar-refractivity contribution >= 4 is 12.2 Å². The van der Waals surface area contributed by atoms with Gasteiger partial charge in [0.2, 0.25) is 0 Å². The van der Waals surface area contributed by atoms with E-state index in [1.165, 1.54) is 31.9 Å². The topological polar surface area (TPSA) is 69.4 Å². The molecule has 0 unspecified atom stereocenters. The van der Waals surface area contributed by atoms with Crippen molar-refractivity contribution in [3.05, 3.63) is 39.9 Å². The fraction of sp³-hybridized carbons (Fsp3) is 0.417. The zero-order valence-corrected chi connectivity index (χ0v) is 9.67. The molecule has 1 fully saturated rings. The van der Waals surface area contributed by atoms with Gasteiger partial charge in [-0.3, -0.25) is 14.9 Å². The van der Waals surface area contributed by atoms with E-state index in [1.54, 1.807) is 12.1 Å². The molecule has 1 aromatic carbocycles. The number of hydrogen-bond donors (Lipinski definition) is 0. The lowest BCUT2D eigenvalue weighted by atomic mass is 9.80. The molecule has 1 aliphatic carbocycles. The lowest BCUT2D eigenvalue weighted by Gasteiger charge is -2.25. The number of carbonyl (C=O) groups is 1. The fourth-order valence-corrected chi connectivity index (χ4v) is 1.61. The SMILES string of the molecule is COC=O.O=[N+]([O-])c1ccc(C2CCC2)cc1. The van der Waals surface area contributed by atoms with Gasteiger partial charge in [-0.05, 0) is 24.3 Å². The molecular weight excluding hydrogens is 222 g/mol. The van der Waals surface area contributed by atoms with Gasteiger partial charge in [0.25, 0.3) is 12.2 Å². The van der Waals surface area contributed by atoms with Crippen molar-refractivity contribution in [1.29, 1.82) is 0 Å². The van der Waals surface area contributed by atoms with E-state index in [-0.39, 0.29) is 10.6 Å². The molecule has 5 heteroatoms. The number of methoxy groups -OCH3 is 1. The first-order chi connectivity index (χ1) is 8.19. The summed E-state index contributed by atoms with van der Waals surface area (Å²) in [4.78, 5) is 19.0. The van der Waals surface area contributed by atoms with Gasteiger partial charge in [0.15, 0.2) is 0 Å². The highest BCUT2D eigenvalue weighted by molar-refractivity contribution is 5.36. The molecule has 92 valence electrons. The van der Waals surface area contributed by atoms with Crippen molar-refractivity contribution < 1.29 is 14.5 Å². The first-order valence-electron chi connectivity index (χ1n) is 5.39. The molecule has 0 saturated heterocycles. The molecular formula is C12H15NO4. The molecule has 0 spiro atoms. The molecule has 17 heavy (non-hydrogen) atoms. The second-order valence-electron chi connectivity index (χ2n) is 3.81. The van der Waals surface area contributed by atoms with Crippen molar-refractivity contribution in [3.8, 4) is 0 Å². The highest BCUT2D eigenvalue weighted by Crippen LogP contribution is 2.36. The molecule has 0 radical (unpaired) electrons. The van der Waals surface area contributed by atoms with Crippen molar-refractivity contribution in [2.75, 3.05) is 7.11 Å². The summed E-state index contributed by atoms with van der Waals surface area (Å²) >= 11 is 0. The van der Waals surface area contributed by atoms with Crippen molar-refractivity contribution in [3.63, 3.8) is 0 Å². The van der Waals surface area contributed by atoms with E-state index < -0.39 is 0 Å². The summed E-state index contributed by atoms with van der Waals surface area (Å²) in [5.74, 6) is 0.654. The van der Waals surface area contributed by atoms with Crippen molar-refractivity contribution in [2.24, 2.45) is 0 Å². The molecule has 0 N–H and O–H groups in total. The van der Waals surface area contributed by atoms with Crippen LogP contribution >= 0.6 is 0 Å². The van der Waals surface area contributed by atoms with E-state index in [4.69, 9.17) is 4.79 Å². The van der Waals surface area contributed by atoms with Crippen molar-refractivity contribution in [2.45, 2.75) is 25.2 Å². The largest absolute Gasteiger partial charge is 0.471 e. The predicted octanol–water partition coefficient (Wildman–Crippen LogP) is 2.65. The van der Waals surface area contributed by atoms with E-state index in [9.17, 15) is 10.1 Å². The van der Waals surface area contributed by atoms with Crippen LogP contribution in [0.25, 0.3) is 0 Å². The summed E-state index contributed by atoms with van der Waals surface area (Å²) in [6.45, 7) is 0.375. The number of hydrogen-bond acceptors (Lipinski definition) is 4. The smallest absolute Gasteiger partial charge is 0.292 e. The molecule has 0 bridgehead atoms. The van der Waals surface area contributed by atoms with Gasteiger partial charge in [-0.1, -0.05) is 18.6 Å². The van der Waals surface area contributed by atoms with E-state index in [2.05, 4.69) is 4.74 Å². The van der Waals surface area contributed by atoms with Crippen LogP contribution in [0.1, 0.15) is 30.7 Å². The van der Waals surface area contributed by atoms with E-state index in [0.717, 1.165) is 0 Å². The second kappa shape index (κ2) is 6.62. The second-order valence-corrected chi connectivity index (χ2v) is 3.81. The number of nitro benzene ring substituents is 1. The average molecular weight is 237 g/mol. The Morgan fingerprint density at radius 2 is 1.88 bits per heavy atom. The van der Waals surface area contributed by atoms with Crippen LogP contribution in [0.2, 0.25) is 0 Å². The standard InChI is InChI=1S/C10H11NO2.C2H4O2/c12-11(13)10-6-4-9(5-7-10)8-2-1-3-8;1-4-2-3/h4-8H,1-3H2;2H,1H3. The monoisotopic (exact) mass is 237 g/mol. The van der Waals surface area contributed by atoms with E-state index in [0.29, 0.717) is 12.4 Å². The van der Waals surface area contributed by atoms with Crippen LogP contribution in [0.3, 0.4) is 0 Å². The minimum atomic E-state index is -0.357. The Labute approximate surface area is 99.5 Å². The van der Waals surface area contributed by atoms with E-state index >= 15 is 0 Å². The van der Waals surface area contributed by atoms with Gasteiger partial charge in [-0.25, -0.2) is 0 Å². The molecule has 0 aliphatic heterocycles. The third-order valence-electron chi connectivity index (χ3n) is 2.78. The van der Waals surface area contributed by atoms with Gasteiger partial charge >= 0.3 is 0 Å². The highest BCUT2D eigenvalue weighted by atomic mass is 16.6. The lowest BCUT2D eigenvalue weighted by molar-refractivity contribution is -0.384. The molecule has 2 rings (SSSR count). The Hall–Kier alpha value is -1.91. The Morgan fingerprint density at radius 3 is 2.18 bits per heavy atom. The maximum absolute atomic E-state index is 10.4. The van der Waals surface area contributed by atoms with Gasteiger partial charge in [-0.15, -0.1) is 0 Å². The van der Waals surface area contributed by atoms with Gasteiger partial charge < -0.3 is 4.74 Å². The Bertz CT molecular complexity index is 371. The Kier molecular flexibility index (Phi) is 5.13. The first kappa shape index (κ1) is 13.2. The van der Waals surface area contributed by atoms with Crippen LogP contribution in [-0.2, 0) is 9.53 Å². The van der Waals surface area contributed by atoms with Crippen LogP contribution in [0.5, 0.6) is 0 Å². The number of benzene rings is 1. The Morgan fingerprint density at radius 1 is 1.35 bits per heavy atom. The maximum atomic E-state index is 10.4. The van der Waals surface area contributed by atoms with Crippen LogP contribution in [-0.4, -0.2) is 18.5 Å². The highest BCUT2D eigenvalue weighted by Gasteiger charge is 2.19. The quantitative estimate of drug-likeness (QED) is 0.460. The lowest BCUT2D eigenvalue weighted by Crippen LogP contribution is -2.08. The van der Waals surface area contributed by atoms with Gasteiger partial charge in [-0.2, -0.15) is 0 Å². The first-order valence-corrected chi connectivity index (χ1v) is 5.39. The molecule has 5 nitrogen and oxygen atoms in total. The van der Waals surface area contributed by atoms with Crippen LogP contribution < -0.4 is 0 Å². The van der Waals surface area contributed by atoms with Crippen LogP contribution in [0.4, 0.5) is 5.69 Å². The number of carbonyl (C=O) groups excluding carboxylic acids is 1. The summed E-state index contributed by atoms with van der Waals surface area (Å²) in [6.07, 6.45) is 3.76. The molecule has 1 saturated carbocycles. The molecule has 1 aliphatic rings. The fourth-order valence-electron chi connectivity index (χ4n) is 1.61. The van der Waals surface area contributed by atoms with Crippen LogP contribution in [0, 0.1) is 10.1 Å². The number of nitro groups is 1. The zero-order valence-electron chi connectivity index (χ0n) is 9.67. The summed E-state index contributed by atoms with van der Waals surface area (Å²) in [7, 11) is 1.31. The summed E-state index contributed by atoms with van der Waals surface area (Å²) in [5.41, 5.74) is 1.43. The number of ether oxygens (including phenoxy) is 1. The minimum absolute atomic E-state index is 0.183. The molecule has 1 aromatic rings. The Balaban J connectivity index is 0.000000317. The van der Waals surface area contributed by atoms with Crippen molar-refractivity contribution in [1.82, 2.24) is 0 Å². The van der Waals surface area contributed by atoms with Crippen LogP contribution in [0.15, 0.2) is 24.3 Å². The number of non-ortho nitro benzene ring substituents is 1. The number of rotatable bonds is 3. The van der Waals surface area contributed by atoms with Gasteiger partial charge in [0.1, 0.15) is 0 Å². The molecule has 0 aromatic heterocycles. The summed E-state index contributed by atoms with van der Waals surface area (Å²) < 4.78 is 3.86. The molecule has 0 atom stereocenters. The zero-order chi connectivity index (χ0) is 12.7. The van der Waals surface area contributed by atoms with E-state index in [1.807, 2.05) is 12.1 Å². The molecule has 0 amide bonds. The summed E-state index contributed by atoms with van der Waals surface area (Å²) in [6, 6.07) is 6.94. The average Bonchev–Trinajstić information content (AvgIpc) is 2.28. The normalized spacial score (nSPS) is 13.9. The summed E-state index contributed by atoms with van der Waals surface area (Å²) in [5, 5.41) is 10.4. The number of nitrogens with zero attached hydrogens (tertiary/aromatic N) is 1. The van der Waals surface area contributed by atoms with Gasteiger partial charge in [0.05, 0.1) is 12.0 Å². The molecule has 0 heterocycles. The minimum Gasteiger partial charge on any atom is -0.471 e. The van der Waals surface area contributed by atoms with Gasteiger partial charge in [0, 0.05) is 12.1 Å².